The number of hydrogen-bond acceptors (Lipinski definition) is 5. The highest BCUT2D eigenvalue weighted by molar-refractivity contribution is 5.93. The second kappa shape index (κ2) is 6.47. The first-order chi connectivity index (χ1) is 9.20. The summed E-state index contributed by atoms with van der Waals surface area (Å²) in [7, 11) is 3.89. The van der Waals surface area contributed by atoms with Gasteiger partial charge in [0.05, 0.1) is 5.56 Å². The molecule has 1 saturated heterocycles. The molecule has 1 atom stereocenters. The third-order valence-corrected chi connectivity index (χ3v) is 3.57. The molecule has 0 aromatic carbocycles. The van der Waals surface area contributed by atoms with Gasteiger partial charge in [0.25, 0.3) is 5.91 Å². The van der Waals surface area contributed by atoms with Crippen molar-refractivity contribution in [3.63, 3.8) is 0 Å². The first kappa shape index (κ1) is 13.7. The monoisotopic (exact) mass is 263 g/mol. The third kappa shape index (κ3) is 3.64. The van der Waals surface area contributed by atoms with Crippen LogP contribution >= 0.6 is 0 Å². The molecule has 0 saturated carbocycles. The van der Waals surface area contributed by atoms with Crippen molar-refractivity contribution < 1.29 is 4.79 Å². The predicted octanol–water partition coefficient (Wildman–Crippen LogP) is 0.732. The average molecular weight is 263 g/mol. The number of rotatable bonds is 5. The molecule has 0 spiro atoms. The fourth-order valence-corrected chi connectivity index (χ4v) is 2.37. The molecule has 1 amide bonds. The van der Waals surface area contributed by atoms with Crippen LogP contribution in [0.4, 0.5) is 5.95 Å². The minimum absolute atomic E-state index is 0.108. The Balaban J connectivity index is 1.77. The highest BCUT2D eigenvalue weighted by Crippen LogP contribution is 2.16. The lowest BCUT2D eigenvalue weighted by Gasteiger charge is -2.19. The largest absolute Gasteiger partial charge is 0.357 e. The van der Waals surface area contributed by atoms with Crippen molar-refractivity contribution >= 4 is 11.9 Å². The molecule has 1 aromatic heterocycles. The van der Waals surface area contributed by atoms with Crippen LogP contribution in [0.3, 0.4) is 0 Å². The first-order valence-corrected chi connectivity index (χ1v) is 6.69. The van der Waals surface area contributed by atoms with Gasteiger partial charge >= 0.3 is 0 Å². The number of anilines is 1. The number of carbonyl (C=O) groups is 1. The summed E-state index contributed by atoms with van der Waals surface area (Å²) in [5.41, 5.74) is 0.499. The summed E-state index contributed by atoms with van der Waals surface area (Å²) in [5, 5.41) is 5.74. The Morgan fingerprint density at radius 3 is 2.79 bits per heavy atom. The standard InChI is InChI=1S/C13H21N5O/c1-14-13-16-8-10(9-17-13)12(19)15-6-5-11-4-3-7-18(11)2/h8-9,11H,3-7H2,1-2H3,(H,15,19)(H,14,16,17)/t11-/m0/s1. The van der Waals surface area contributed by atoms with Crippen LogP contribution in [0, 0.1) is 0 Å². The Morgan fingerprint density at radius 2 is 2.21 bits per heavy atom. The van der Waals surface area contributed by atoms with Crippen LogP contribution in [0.1, 0.15) is 29.6 Å². The van der Waals surface area contributed by atoms with Crippen molar-refractivity contribution in [3.05, 3.63) is 18.0 Å². The van der Waals surface area contributed by atoms with Crippen molar-refractivity contribution in [1.82, 2.24) is 20.2 Å². The van der Waals surface area contributed by atoms with Crippen LogP contribution < -0.4 is 10.6 Å². The summed E-state index contributed by atoms with van der Waals surface area (Å²) >= 11 is 0. The van der Waals surface area contributed by atoms with Gasteiger partial charge in [-0.3, -0.25) is 4.79 Å². The Hall–Kier alpha value is -1.69. The summed E-state index contributed by atoms with van der Waals surface area (Å²) in [4.78, 5) is 22.3. The second-order valence-corrected chi connectivity index (χ2v) is 4.87. The van der Waals surface area contributed by atoms with Gasteiger partial charge in [0.1, 0.15) is 0 Å². The number of aromatic nitrogens is 2. The zero-order valence-electron chi connectivity index (χ0n) is 11.5. The third-order valence-electron chi connectivity index (χ3n) is 3.57. The lowest BCUT2D eigenvalue weighted by Crippen LogP contribution is -2.31. The number of hydrogen-bond donors (Lipinski definition) is 2. The Kier molecular flexibility index (Phi) is 4.68. The van der Waals surface area contributed by atoms with E-state index in [1.54, 1.807) is 7.05 Å². The number of nitrogens with one attached hydrogen (secondary N) is 2. The van der Waals surface area contributed by atoms with E-state index in [0.717, 1.165) is 13.0 Å². The van der Waals surface area contributed by atoms with Crippen LogP contribution in [0.5, 0.6) is 0 Å². The van der Waals surface area contributed by atoms with Crippen molar-refractivity contribution in [1.29, 1.82) is 0 Å². The van der Waals surface area contributed by atoms with Crippen LogP contribution in [-0.4, -0.2) is 54.0 Å². The summed E-state index contributed by atoms with van der Waals surface area (Å²) in [6.07, 6.45) is 6.56. The lowest BCUT2D eigenvalue weighted by molar-refractivity contribution is 0.0949. The summed E-state index contributed by atoms with van der Waals surface area (Å²) in [6.45, 7) is 1.86. The Bertz CT molecular complexity index is 420. The zero-order valence-corrected chi connectivity index (χ0v) is 11.5. The number of amides is 1. The maximum absolute atomic E-state index is 11.9. The number of carbonyl (C=O) groups excluding carboxylic acids is 1. The molecule has 0 radical (unpaired) electrons. The first-order valence-electron chi connectivity index (χ1n) is 6.69. The van der Waals surface area contributed by atoms with Gasteiger partial charge in [-0.1, -0.05) is 0 Å². The van der Waals surface area contributed by atoms with Crippen LogP contribution in [-0.2, 0) is 0 Å². The van der Waals surface area contributed by atoms with E-state index in [1.165, 1.54) is 25.2 Å². The van der Waals surface area contributed by atoms with E-state index >= 15 is 0 Å². The molecule has 104 valence electrons. The average Bonchev–Trinajstić information content (AvgIpc) is 2.84. The molecule has 6 heteroatoms. The maximum atomic E-state index is 11.9. The van der Waals surface area contributed by atoms with E-state index < -0.39 is 0 Å². The van der Waals surface area contributed by atoms with Gasteiger partial charge in [0.15, 0.2) is 0 Å². The molecule has 19 heavy (non-hydrogen) atoms. The van der Waals surface area contributed by atoms with Crippen molar-refractivity contribution in [2.45, 2.75) is 25.3 Å². The minimum Gasteiger partial charge on any atom is -0.357 e. The number of likely N-dealkylation sites (tertiary alicyclic amines) is 1. The van der Waals surface area contributed by atoms with Crippen LogP contribution in [0.2, 0.25) is 0 Å². The van der Waals surface area contributed by atoms with Crippen molar-refractivity contribution in [2.24, 2.45) is 0 Å². The number of nitrogens with zero attached hydrogens (tertiary/aromatic N) is 3. The Morgan fingerprint density at radius 1 is 1.47 bits per heavy atom. The van der Waals surface area contributed by atoms with Crippen molar-refractivity contribution in [3.8, 4) is 0 Å². The highest BCUT2D eigenvalue weighted by atomic mass is 16.1. The summed E-state index contributed by atoms with van der Waals surface area (Å²) in [5.74, 6) is 0.410. The summed E-state index contributed by atoms with van der Waals surface area (Å²) in [6, 6.07) is 0.600. The molecule has 1 aromatic rings. The smallest absolute Gasteiger partial charge is 0.254 e. The van der Waals surface area contributed by atoms with Gasteiger partial charge in [-0.15, -0.1) is 0 Å². The van der Waals surface area contributed by atoms with E-state index in [-0.39, 0.29) is 5.91 Å². The van der Waals surface area contributed by atoms with Gasteiger partial charge < -0.3 is 15.5 Å². The fourth-order valence-electron chi connectivity index (χ4n) is 2.37. The maximum Gasteiger partial charge on any atom is 0.254 e. The lowest BCUT2D eigenvalue weighted by atomic mass is 10.1. The summed E-state index contributed by atoms with van der Waals surface area (Å²) < 4.78 is 0. The highest BCUT2D eigenvalue weighted by Gasteiger charge is 2.20. The quantitative estimate of drug-likeness (QED) is 0.819. The van der Waals surface area contributed by atoms with Gasteiger partial charge in [-0.05, 0) is 32.9 Å². The van der Waals surface area contributed by atoms with Crippen LogP contribution in [0.25, 0.3) is 0 Å². The van der Waals surface area contributed by atoms with Gasteiger partial charge in [0.2, 0.25) is 5.95 Å². The van der Waals surface area contributed by atoms with Crippen LogP contribution in [0.15, 0.2) is 12.4 Å². The van der Waals surface area contributed by atoms with E-state index in [4.69, 9.17) is 0 Å². The molecule has 1 fully saturated rings. The Labute approximate surface area is 113 Å². The van der Waals surface area contributed by atoms with Gasteiger partial charge in [0, 0.05) is 32.0 Å². The van der Waals surface area contributed by atoms with E-state index in [9.17, 15) is 4.79 Å². The topological polar surface area (TPSA) is 70.2 Å². The molecule has 6 nitrogen and oxygen atoms in total. The second-order valence-electron chi connectivity index (χ2n) is 4.87. The molecular weight excluding hydrogens is 242 g/mol. The predicted molar refractivity (Wildman–Crippen MR) is 74.2 cm³/mol. The molecule has 1 aliphatic heterocycles. The molecule has 2 heterocycles. The van der Waals surface area contributed by atoms with Gasteiger partial charge in [-0.25, -0.2) is 9.97 Å². The molecule has 2 rings (SSSR count). The zero-order chi connectivity index (χ0) is 13.7. The molecule has 0 aliphatic carbocycles. The van der Waals surface area contributed by atoms with E-state index in [0.29, 0.717) is 24.1 Å². The molecule has 2 N–H and O–H groups in total. The fraction of sp³-hybridized carbons (Fsp3) is 0.615. The normalized spacial score (nSPS) is 19.4. The molecule has 0 unspecified atom stereocenters. The van der Waals surface area contributed by atoms with Crippen molar-refractivity contribution in [2.75, 3.05) is 32.5 Å². The molecule has 1 aliphatic rings. The molecular formula is C13H21N5O. The SMILES string of the molecule is CNc1ncc(C(=O)NCC[C@@H]2CCCN2C)cn1. The van der Waals surface area contributed by atoms with Gasteiger partial charge in [-0.2, -0.15) is 0 Å². The van der Waals surface area contributed by atoms with E-state index in [2.05, 4.69) is 32.5 Å². The van der Waals surface area contributed by atoms with E-state index in [1.807, 2.05) is 0 Å². The molecule has 0 bridgehead atoms. The minimum atomic E-state index is -0.108.